The molecule has 1 heterocycles. The number of benzene rings is 2. The maximum absolute atomic E-state index is 14.3. The van der Waals surface area contributed by atoms with Crippen LogP contribution < -0.4 is 0 Å². The zero-order valence-corrected chi connectivity index (χ0v) is 18.2. The van der Waals surface area contributed by atoms with E-state index in [0.29, 0.717) is 18.4 Å². The summed E-state index contributed by atoms with van der Waals surface area (Å²) in [5.74, 6) is -20.7. The van der Waals surface area contributed by atoms with Crippen LogP contribution in [0.25, 0.3) is 0 Å². The summed E-state index contributed by atoms with van der Waals surface area (Å²) >= 11 is 0. The van der Waals surface area contributed by atoms with Crippen molar-refractivity contribution in [2.45, 2.75) is 43.2 Å². The molecule has 0 radical (unpaired) electrons. The molecule has 0 spiro atoms. The Labute approximate surface area is 195 Å². The molecule has 1 unspecified atom stereocenters. The molecule has 3 rings (SSSR count). The Balaban J connectivity index is 1.95. The van der Waals surface area contributed by atoms with Crippen LogP contribution >= 0.6 is 0 Å². The smallest absolute Gasteiger partial charge is 0.376 e. The van der Waals surface area contributed by atoms with E-state index in [4.69, 9.17) is 4.74 Å². The van der Waals surface area contributed by atoms with E-state index in [1.807, 2.05) is 24.3 Å². The van der Waals surface area contributed by atoms with Crippen molar-refractivity contribution < 1.29 is 44.3 Å². The van der Waals surface area contributed by atoms with Crippen LogP contribution in [-0.4, -0.2) is 37.2 Å². The fourth-order valence-corrected chi connectivity index (χ4v) is 3.76. The molecule has 1 aliphatic rings. The van der Waals surface area contributed by atoms with Gasteiger partial charge in [0, 0.05) is 30.8 Å². The van der Waals surface area contributed by atoms with Gasteiger partial charge in [0.25, 0.3) is 0 Å². The highest BCUT2D eigenvalue weighted by atomic mass is 19.4. The summed E-state index contributed by atoms with van der Waals surface area (Å²) in [6, 6.07) is 18.0. The third-order valence-corrected chi connectivity index (χ3v) is 5.64. The summed E-state index contributed by atoms with van der Waals surface area (Å²) in [5, 5.41) is 0. The fraction of sp³-hybridized carbons (Fsp3) is 0.400. The summed E-state index contributed by atoms with van der Waals surface area (Å²) in [6.45, 7) is -0.815. The van der Waals surface area contributed by atoms with Crippen molar-refractivity contribution in [3.05, 3.63) is 88.7 Å². The molecule has 1 atom stereocenters. The fourth-order valence-electron chi connectivity index (χ4n) is 3.76. The predicted octanol–water partition coefficient (Wildman–Crippen LogP) is 7.43. The van der Waals surface area contributed by atoms with Crippen molar-refractivity contribution in [1.82, 2.24) is 0 Å². The average Bonchev–Trinajstić information content (AvgIpc) is 3.19. The molecule has 0 aliphatic carbocycles. The van der Waals surface area contributed by atoms with Gasteiger partial charge in [0.15, 0.2) is 0 Å². The van der Waals surface area contributed by atoms with Crippen LogP contribution in [0.15, 0.2) is 77.5 Å². The van der Waals surface area contributed by atoms with Crippen LogP contribution in [0.4, 0.5) is 39.5 Å². The minimum Gasteiger partial charge on any atom is -0.376 e. The van der Waals surface area contributed by atoms with Gasteiger partial charge in [-0.05, 0) is 16.7 Å². The highest BCUT2D eigenvalue weighted by molar-refractivity contribution is 5.29. The standard InChI is InChI=1S/C25H21F9O/c26-22(27,23(28,29)24(30,31)25(32,33)34)14-21-16-35-15-20(21)13-19(11-17-7-3-1-4-8-17)12-18-9-5-2-6-10-18/h1-10,21H,11-12,14-16H2. The van der Waals surface area contributed by atoms with E-state index in [9.17, 15) is 39.5 Å². The molecule has 35 heavy (non-hydrogen) atoms. The van der Waals surface area contributed by atoms with Crippen LogP contribution in [0.3, 0.4) is 0 Å². The second-order valence-electron chi connectivity index (χ2n) is 8.35. The van der Waals surface area contributed by atoms with Crippen LogP contribution in [0.5, 0.6) is 0 Å². The highest BCUT2D eigenvalue weighted by Gasteiger charge is 2.81. The molecule has 0 amide bonds. The van der Waals surface area contributed by atoms with Gasteiger partial charge in [0.1, 0.15) is 0 Å². The number of rotatable bonds is 8. The van der Waals surface area contributed by atoms with Gasteiger partial charge in [-0.25, -0.2) is 0 Å². The molecule has 1 fully saturated rings. The molecule has 1 saturated heterocycles. The molecule has 0 bridgehead atoms. The molecule has 10 heteroatoms. The lowest BCUT2D eigenvalue weighted by Gasteiger charge is -2.34. The molecule has 0 N–H and O–H groups in total. The average molecular weight is 508 g/mol. The van der Waals surface area contributed by atoms with E-state index in [-0.39, 0.29) is 12.2 Å². The van der Waals surface area contributed by atoms with Crippen molar-refractivity contribution >= 4 is 0 Å². The number of ether oxygens (including phenoxy) is 1. The van der Waals surface area contributed by atoms with Crippen molar-refractivity contribution in [3.8, 4) is 0 Å². The van der Waals surface area contributed by atoms with E-state index >= 15 is 0 Å². The number of hydrogen-bond donors (Lipinski definition) is 0. The maximum Gasteiger partial charge on any atom is 0.460 e. The minimum absolute atomic E-state index is 0.0117. The molecule has 0 aromatic heterocycles. The summed E-state index contributed by atoms with van der Waals surface area (Å²) in [7, 11) is 0. The van der Waals surface area contributed by atoms with Crippen molar-refractivity contribution in [3.63, 3.8) is 0 Å². The number of alkyl halides is 9. The second-order valence-corrected chi connectivity index (χ2v) is 8.35. The molecule has 0 saturated carbocycles. The lowest BCUT2D eigenvalue weighted by Crippen LogP contribution is -2.61. The van der Waals surface area contributed by atoms with Gasteiger partial charge in [0.05, 0.1) is 13.2 Å². The lowest BCUT2D eigenvalue weighted by molar-refractivity contribution is -0.397. The minimum atomic E-state index is -6.91. The quantitative estimate of drug-likeness (QED) is 0.266. The normalized spacial score (nSPS) is 17.4. The Morgan fingerprint density at radius 2 is 1.23 bits per heavy atom. The van der Waals surface area contributed by atoms with Crippen LogP contribution in [0, 0.1) is 5.92 Å². The molecular formula is C25H21F9O. The summed E-state index contributed by atoms with van der Waals surface area (Å²) < 4.78 is 125. The van der Waals surface area contributed by atoms with E-state index in [0.717, 1.165) is 11.1 Å². The van der Waals surface area contributed by atoms with E-state index in [1.165, 1.54) is 0 Å². The maximum atomic E-state index is 14.3. The van der Waals surface area contributed by atoms with Gasteiger partial charge in [0.2, 0.25) is 0 Å². The van der Waals surface area contributed by atoms with E-state index in [2.05, 4.69) is 5.73 Å². The van der Waals surface area contributed by atoms with Gasteiger partial charge in [-0.15, -0.1) is 5.73 Å². The highest BCUT2D eigenvalue weighted by Crippen LogP contribution is 2.55. The zero-order valence-electron chi connectivity index (χ0n) is 18.2. The van der Waals surface area contributed by atoms with Gasteiger partial charge in [-0.1, -0.05) is 60.7 Å². The van der Waals surface area contributed by atoms with Gasteiger partial charge in [-0.2, -0.15) is 39.5 Å². The summed E-state index contributed by atoms with van der Waals surface area (Å²) in [6.07, 6.45) is -8.14. The monoisotopic (exact) mass is 508 g/mol. The molecule has 1 nitrogen and oxygen atoms in total. The topological polar surface area (TPSA) is 9.23 Å². The third kappa shape index (κ3) is 5.93. The van der Waals surface area contributed by atoms with Gasteiger partial charge >= 0.3 is 23.9 Å². The summed E-state index contributed by atoms with van der Waals surface area (Å²) in [5.41, 5.74) is 5.23. The summed E-state index contributed by atoms with van der Waals surface area (Å²) in [4.78, 5) is 0. The molecule has 1 aliphatic heterocycles. The number of hydrogen-bond acceptors (Lipinski definition) is 1. The second kappa shape index (κ2) is 10.1. The van der Waals surface area contributed by atoms with Crippen molar-refractivity contribution in [2.24, 2.45) is 5.92 Å². The van der Waals surface area contributed by atoms with Crippen LogP contribution in [0.1, 0.15) is 17.5 Å². The molecular weight excluding hydrogens is 487 g/mol. The molecule has 2 aromatic rings. The van der Waals surface area contributed by atoms with Crippen LogP contribution in [-0.2, 0) is 17.6 Å². The van der Waals surface area contributed by atoms with E-state index in [1.54, 1.807) is 36.4 Å². The van der Waals surface area contributed by atoms with E-state index < -0.39 is 42.9 Å². The van der Waals surface area contributed by atoms with Crippen molar-refractivity contribution in [1.29, 1.82) is 0 Å². The Hall–Kier alpha value is -2.71. The first kappa shape index (κ1) is 26.9. The van der Waals surface area contributed by atoms with Gasteiger partial charge in [-0.3, -0.25) is 0 Å². The first-order valence-electron chi connectivity index (χ1n) is 10.6. The molecule has 2 aromatic carbocycles. The first-order valence-corrected chi connectivity index (χ1v) is 10.6. The third-order valence-electron chi connectivity index (χ3n) is 5.64. The van der Waals surface area contributed by atoms with Crippen molar-refractivity contribution in [2.75, 3.05) is 13.2 Å². The first-order chi connectivity index (χ1) is 16.2. The Morgan fingerprint density at radius 3 is 1.69 bits per heavy atom. The largest absolute Gasteiger partial charge is 0.460 e. The Morgan fingerprint density at radius 1 is 0.743 bits per heavy atom. The van der Waals surface area contributed by atoms with Crippen LogP contribution in [0.2, 0.25) is 0 Å². The zero-order chi connectivity index (χ0) is 25.9. The Bertz CT molecular complexity index is 1010. The Kier molecular flexibility index (Phi) is 7.77. The SMILES string of the molecule is FC(F)(F)C(F)(F)C(F)(F)C(F)(F)CC1COCC1=C=C(Cc1ccccc1)Cc1ccccc1. The van der Waals surface area contributed by atoms with Gasteiger partial charge < -0.3 is 4.74 Å². The molecule has 190 valence electrons. The lowest BCUT2D eigenvalue weighted by atomic mass is 9.89. The number of halogens is 9. The predicted molar refractivity (Wildman–Crippen MR) is 111 cm³/mol.